The van der Waals surface area contributed by atoms with Crippen molar-refractivity contribution in [2.45, 2.75) is 13.3 Å². The van der Waals surface area contributed by atoms with Gasteiger partial charge in [-0.15, -0.1) is 0 Å². The Morgan fingerprint density at radius 2 is 2.29 bits per heavy atom. The molecule has 0 saturated carbocycles. The van der Waals surface area contributed by atoms with Gasteiger partial charge in [-0.25, -0.2) is 14.8 Å². The van der Waals surface area contributed by atoms with E-state index in [9.17, 15) is 4.79 Å². The summed E-state index contributed by atoms with van der Waals surface area (Å²) in [5.74, 6) is -0.473. The Hall–Kier alpha value is -1.69. The Balaban J connectivity index is 2.72. The Labute approximate surface area is 100 Å². The second-order valence-electron chi connectivity index (χ2n) is 3.74. The van der Waals surface area contributed by atoms with Gasteiger partial charge in [0.25, 0.3) is 0 Å². The lowest BCUT2D eigenvalue weighted by Crippen LogP contribution is -2.22. The van der Waals surface area contributed by atoms with Crippen LogP contribution in [-0.2, 0) is 4.74 Å². The number of methoxy groups -OCH3 is 1. The predicted octanol–water partition coefficient (Wildman–Crippen LogP) is 0.956. The minimum Gasteiger partial charge on any atom is -0.478 e. The van der Waals surface area contributed by atoms with Crippen molar-refractivity contribution in [2.24, 2.45) is 0 Å². The number of ether oxygens (including phenoxy) is 1. The summed E-state index contributed by atoms with van der Waals surface area (Å²) in [5, 5.41) is 8.86. The summed E-state index contributed by atoms with van der Waals surface area (Å²) in [7, 11) is 3.52. The largest absolute Gasteiger partial charge is 0.478 e. The van der Waals surface area contributed by atoms with Crippen LogP contribution in [0.15, 0.2) is 6.20 Å². The standard InChI is InChI=1S/C11H17N3O3/c1-8-9(10(15)16)7-12-11(13-8)14(2)5-4-6-17-3/h7H,4-6H2,1-3H3,(H,15,16). The van der Waals surface area contributed by atoms with E-state index in [1.165, 1.54) is 6.20 Å². The minimum absolute atomic E-state index is 0.138. The van der Waals surface area contributed by atoms with Crippen LogP contribution in [0.2, 0.25) is 0 Å². The molecule has 0 aliphatic carbocycles. The molecule has 1 heterocycles. The molecule has 0 aliphatic heterocycles. The zero-order valence-electron chi connectivity index (χ0n) is 10.3. The van der Waals surface area contributed by atoms with E-state index in [1.807, 2.05) is 11.9 Å². The maximum atomic E-state index is 10.8. The molecule has 1 aromatic heterocycles. The molecule has 94 valence electrons. The average molecular weight is 239 g/mol. The molecule has 1 N–H and O–H groups in total. The maximum absolute atomic E-state index is 10.8. The molecular formula is C11H17N3O3. The summed E-state index contributed by atoms with van der Waals surface area (Å²) in [5.41, 5.74) is 0.611. The van der Waals surface area contributed by atoms with Crippen LogP contribution < -0.4 is 4.90 Å². The van der Waals surface area contributed by atoms with Crippen molar-refractivity contribution in [3.63, 3.8) is 0 Å². The number of rotatable bonds is 6. The van der Waals surface area contributed by atoms with Crippen molar-refractivity contribution in [1.82, 2.24) is 9.97 Å². The van der Waals surface area contributed by atoms with Gasteiger partial charge in [0.15, 0.2) is 0 Å². The first-order valence-corrected chi connectivity index (χ1v) is 5.33. The number of hydrogen-bond donors (Lipinski definition) is 1. The SMILES string of the molecule is COCCCN(C)c1ncc(C(=O)O)c(C)n1. The maximum Gasteiger partial charge on any atom is 0.339 e. The van der Waals surface area contributed by atoms with Crippen LogP contribution in [0.4, 0.5) is 5.95 Å². The van der Waals surface area contributed by atoms with Crippen LogP contribution in [0, 0.1) is 6.92 Å². The molecule has 0 aliphatic rings. The van der Waals surface area contributed by atoms with Crippen molar-refractivity contribution in [3.8, 4) is 0 Å². The molecule has 0 fully saturated rings. The van der Waals surface area contributed by atoms with Gasteiger partial charge >= 0.3 is 5.97 Å². The summed E-state index contributed by atoms with van der Waals surface area (Å²) in [4.78, 5) is 20.9. The summed E-state index contributed by atoms with van der Waals surface area (Å²) in [6.07, 6.45) is 2.21. The van der Waals surface area contributed by atoms with E-state index >= 15 is 0 Å². The number of nitrogens with zero attached hydrogens (tertiary/aromatic N) is 3. The first-order valence-electron chi connectivity index (χ1n) is 5.33. The third-order valence-corrected chi connectivity index (χ3v) is 2.38. The quantitative estimate of drug-likeness (QED) is 0.745. The minimum atomic E-state index is -1.00. The van der Waals surface area contributed by atoms with Crippen molar-refractivity contribution in [1.29, 1.82) is 0 Å². The number of aryl methyl sites for hydroxylation is 1. The Bertz CT molecular complexity index is 396. The molecule has 1 rings (SSSR count). The second-order valence-corrected chi connectivity index (χ2v) is 3.74. The summed E-state index contributed by atoms with van der Waals surface area (Å²) >= 11 is 0. The molecule has 17 heavy (non-hydrogen) atoms. The highest BCUT2D eigenvalue weighted by Crippen LogP contribution is 2.10. The molecule has 6 heteroatoms. The predicted molar refractivity (Wildman–Crippen MR) is 63.5 cm³/mol. The Morgan fingerprint density at radius 3 is 2.82 bits per heavy atom. The molecule has 0 unspecified atom stereocenters. The monoisotopic (exact) mass is 239 g/mol. The molecule has 0 atom stereocenters. The molecular weight excluding hydrogens is 222 g/mol. The summed E-state index contributed by atoms with van der Waals surface area (Å²) < 4.78 is 4.96. The van der Waals surface area contributed by atoms with Gasteiger partial charge in [0.05, 0.1) is 11.3 Å². The van der Waals surface area contributed by atoms with Gasteiger partial charge < -0.3 is 14.7 Å². The van der Waals surface area contributed by atoms with Crippen molar-refractivity contribution >= 4 is 11.9 Å². The van der Waals surface area contributed by atoms with E-state index in [1.54, 1.807) is 14.0 Å². The van der Waals surface area contributed by atoms with E-state index < -0.39 is 5.97 Å². The highest BCUT2D eigenvalue weighted by Gasteiger charge is 2.11. The normalized spacial score (nSPS) is 10.3. The number of anilines is 1. The number of carbonyl (C=O) groups is 1. The van der Waals surface area contributed by atoms with Gasteiger partial charge in [-0.2, -0.15) is 0 Å². The first-order chi connectivity index (χ1) is 8.06. The van der Waals surface area contributed by atoms with E-state index in [0.29, 0.717) is 18.2 Å². The van der Waals surface area contributed by atoms with E-state index in [2.05, 4.69) is 9.97 Å². The van der Waals surface area contributed by atoms with Crippen LogP contribution >= 0.6 is 0 Å². The van der Waals surface area contributed by atoms with E-state index in [4.69, 9.17) is 9.84 Å². The molecule has 0 saturated heterocycles. The van der Waals surface area contributed by atoms with Crippen molar-refractivity contribution < 1.29 is 14.6 Å². The lowest BCUT2D eigenvalue weighted by molar-refractivity contribution is 0.0695. The molecule has 0 spiro atoms. The highest BCUT2D eigenvalue weighted by molar-refractivity contribution is 5.88. The zero-order valence-corrected chi connectivity index (χ0v) is 10.3. The third-order valence-electron chi connectivity index (χ3n) is 2.38. The lowest BCUT2D eigenvalue weighted by Gasteiger charge is -2.17. The fourth-order valence-electron chi connectivity index (χ4n) is 1.39. The van der Waals surface area contributed by atoms with Gasteiger partial charge in [-0.3, -0.25) is 0 Å². The Kier molecular flexibility index (Phi) is 4.84. The molecule has 0 radical (unpaired) electrons. The summed E-state index contributed by atoms with van der Waals surface area (Å²) in [6, 6.07) is 0. The van der Waals surface area contributed by atoms with E-state index in [0.717, 1.165) is 13.0 Å². The smallest absolute Gasteiger partial charge is 0.339 e. The molecule has 6 nitrogen and oxygen atoms in total. The highest BCUT2D eigenvalue weighted by atomic mass is 16.5. The van der Waals surface area contributed by atoms with Gasteiger partial charge in [0.2, 0.25) is 5.95 Å². The van der Waals surface area contributed by atoms with Crippen molar-refractivity contribution in [2.75, 3.05) is 32.2 Å². The Morgan fingerprint density at radius 1 is 1.59 bits per heavy atom. The van der Waals surface area contributed by atoms with Gasteiger partial charge in [-0.1, -0.05) is 0 Å². The third kappa shape index (κ3) is 3.67. The lowest BCUT2D eigenvalue weighted by atomic mass is 10.2. The summed E-state index contributed by atoms with van der Waals surface area (Å²) in [6.45, 7) is 3.11. The second kappa shape index (κ2) is 6.15. The molecule has 0 aromatic carbocycles. The van der Waals surface area contributed by atoms with Crippen LogP contribution in [0.25, 0.3) is 0 Å². The van der Waals surface area contributed by atoms with Crippen LogP contribution in [-0.4, -0.2) is 48.4 Å². The van der Waals surface area contributed by atoms with Crippen LogP contribution in [0.3, 0.4) is 0 Å². The number of carboxylic acids is 1. The first kappa shape index (κ1) is 13.4. The average Bonchev–Trinajstić information content (AvgIpc) is 2.28. The van der Waals surface area contributed by atoms with E-state index in [-0.39, 0.29) is 5.56 Å². The fourth-order valence-corrected chi connectivity index (χ4v) is 1.39. The number of aromatic nitrogens is 2. The van der Waals surface area contributed by atoms with Gasteiger partial charge in [0.1, 0.15) is 0 Å². The molecule has 0 bridgehead atoms. The number of aromatic carboxylic acids is 1. The molecule has 0 amide bonds. The fraction of sp³-hybridized carbons (Fsp3) is 0.545. The number of hydrogen-bond acceptors (Lipinski definition) is 5. The zero-order chi connectivity index (χ0) is 12.8. The number of carboxylic acid groups (broad SMARTS) is 1. The van der Waals surface area contributed by atoms with Gasteiger partial charge in [-0.05, 0) is 13.3 Å². The van der Waals surface area contributed by atoms with Crippen LogP contribution in [0.1, 0.15) is 22.5 Å². The molecule has 1 aromatic rings. The van der Waals surface area contributed by atoms with Crippen molar-refractivity contribution in [3.05, 3.63) is 17.5 Å². The van der Waals surface area contributed by atoms with Gasteiger partial charge in [0, 0.05) is 33.5 Å². The van der Waals surface area contributed by atoms with Crippen LogP contribution in [0.5, 0.6) is 0 Å². The topological polar surface area (TPSA) is 75.5 Å².